The molecule has 0 heterocycles. The van der Waals surface area contributed by atoms with Gasteiger partial charge in [-0.15, -0.1) is 0 Å². The number of rotatable bonds is 7. The van der Waals surface area contributed by atoms with E-state index >= 15 is 0 Å². The van der Waals surface area contributed by atoms with Crippen molar-refractivity contribution in [2.45, 2.75) is 50.7 Å². The Morgan fingerprint density at radius 3 is 2.45 bits per heavy atom. The Morgan fingerprint density at radius 2 is 1.82 bits per heavy atom. The SMILES string of the molecule is O=C(CCOCc1ccccc1)NC1(C(=O)O)CCCCC1. The second-order valence-corrected chi connectivity index (χ2v) is 5.78. The standard InChI is InChI=1S/C17H23NO4/c19-15(9-12-22-13-14-7-3-1-4-8-14)18-17(16(20)21)10-5-2-6-11-17/h1,3-4,7-8H,2,5-6,9-13H2,(H,18,19)(H,20,21). The lowest BCUT2D eigenvalue weighted by Crippen LogP contribution is -2.55. The van der Waals surface area contributed by atoms with Crippen LogP contribution in [0.2, 0.25) is 0 Å². The van der Waals surface area contributed by atoms with Crippen molar-refractivity contribution >= 4 is 11.9 Å². The van der Waals surface area contributed by atoms with E-state index in [-0.39, 0.29) is 18.9 Å². The van der Waals surface area contributed by atoms with Crippen LogP contribution in [0.5, 0.6) is 0 Å². The third kappa shape index (κ3) is 4.56. The maximum Gasteiger partial charge on any atom is 0.329 e. The molecule has 5 heteroatoms. The van der Waals surface area contributed by atoms with Gasteiger partial charge in [0.05, 0.1) is 19.6 Å². The van der Waals surface area contributed by atoms with Crippen molar-refractivity contribution in [2.24, 2.45) is 0 Å². The first-order chi connectivity index (χ1) is 10.6. The Kier molecular flexibility index (Phi) is 5.95. The predicted octanol–water partition coefficient (Wildman–Crippen LogP) is 2.50. The van der Waals surface area contributed by atoms with E-state index in [0.717, 1.165) is 24.8 Å². The molecular formula is C17H23NO4. The fourth-order valence-corrected chi connectivity index (χ4v) is 2.81. The average Bonchev–Trinajstić information content (AvgIpc) is 2.53. The fraction of sp³-hybridized carbons (Fsp3) is 0.529. The molecule has 0 spiro atoms. The van der Waals surface area contributed by atoms with Crippen LogP contribution in [0.4, 0.5) is 0 Å². The Hall–Kier alpha value is -1.88. The lowest BCUT2D eigenvalue weighted by molar-refractivity contribution is -0.149. The minimum atomic E-state index is -1.07. The van der Waals surface area contributed by atoms with Gasteiger partial charge in [0.1, 0.15) is 5.54 Å². The second-order valence-electron chi connectivity index (χ2n) is 5.78. The molecule has 120 valence electrons. The zero-order valence-electron chi connectivity index (χ0n) is 12.7. The van der Waals surface area contributed by atoms with E-state index in [1.54, 1.807) is 0 Å². The summed E-state index contributed by atoms with van der Waals surface area (Å²) in [6.45, 7) is 0.745. The van der Waals surface area contributed by atoms with Crippen LogP contribution in [0.3, 0.4) is 0 Å². The largest absolute Gasteiger partial charge is 0.480 e. The number of hydrogen-bond acceptors (Lipinski definition) is 3. The highest BCUT2D eigenvalue weighted by atomic mass is 16.5. The molecule has 1 amide bonds. The van der Waals surface area contributed by atoms with Crippen molar-refractivity contribution in [3.05, 3.63) is 35.9 Å². The van der Waals surface area contributed by atoms with E-state index in [1.807, 2.05) is 30.3 Å². The van der Waals surface area contributed by atoms with Gasteiger partial charge in [-0.1, -0.05) is 49.6 Å². The van der Waals surface area contributed by atoms with Gasteiger partial charge in [0.25, 0.3) is 0 Å². The number of benzene rings is 1. The summed E-state index contributed by atoms with van der Waals surface area (Å²) in [6, 6.07) is 9.73. The second kappa shape index (κ2) is 7.94. The van der Waals surface area contributed by atoms with Gasteiger partial charge < -0.3 is 15.2 Å². The molecule has 0 aromatic heterocycles. The van der Waals surface area contributed by atoms with Gasteiger partial charge in [-0.3, -0.25) is 4.79 Å². The summed E-state index contributed by atoms with van der Waals surface area (Å²) in [7, 11) is 0. The number of carboxylic acids is 1. The fourth-order valence-electron chi connectivity index (χ4n) is 2.81. The minimum absolute atomic E-state index is 0.182. The number of carbonyl (C=O) groups is 2. The van der Waals surface area contributed by atoms with Gasteiger partial charge >= 0.3 is 5.97 Å². The van der Waals surface area contributed by atoms with Gasteiger partial charge in [0.15, 0.2) is 0 Å². The van der Waals surface area contributed by atoms with Gasteiger partial charge in [-0.2, -0.15) is 0 Å². The molecule has 1 aliphatic carbocycles. The van der Waals surface area contributed by atoms with Gasteiger partial charge in [0, 0.05) is 0 Å². The zero-order valence-corrected chi connectivity index (χ0v) is 12.7. The number of carbonyl (C=O) groups excluding carboxylic acids is 1. The predicted molar refractivity (Wildman–Crippen MR) is 82.3 cm³/mol. The monoisotopic (exact) mass is 305 g/mol. The van der Waals surface area contributed by atoms with E-state index in [4.69, 9.17) is 4.74 Å². The normalized spacial score (nSPS) is 16.9. The van der Waals surface area contributed by atoms with E-state index < -0.39 is 11.5 Å². The number of amides is 1. The Balaban J connectivity index is 1.73. The first-order valence-electron chi connectivity index (χ1n) is 7.78. The highest BCUT2D eigenvalue weighted by Crippen LogP contribution is 2.28. The molecule has 0 saturated heterocycles. The summed E-state index contributed by atoms with van der Waals surface area (Å²) in [6.07, 6.45) is 3.93. The molecule has 0 atom stereocenters. The van der Waals surface area contributed by atoms with Crippen LogP contribution >= 0.6 is 0 Å². The van der Waals surface area contributed by atoms with Crippen LogP contribution in [0.15, 0.2) is 30.3 Å². The van der Waals surface area contributed by atoms with Gasteiger partial charge in [-0.05, 0) is 18.4 Å². The third-order valence-corrected chi connectivity index (χ3v) is 4.08. The van der Waals surface area contributed by atoms with Crippen LogP contribution in [0, 0.1) is 0 Å². The first-order valence-corrected chi connectivity index (χ1v) is 7.78. The molecule has 0 radical (unpaired) electrons. The average molecular weight is 305 g/mol. The van der Waals surface area contributed by atoms with Crippen molar-refractivity contribution in [3.63, 3.8) is 0 Å². The summed E-state index contributed by atoms with van der Waals surface area (Å²) >= 11 is 0. The van der Waals surface area contributed by atoms with Crippen molar-refractivity contribution in [1.29, 1.82) is 0 Å². The third-order valence-electron chi connectivity index (χ3n) is 4.08. The minimum Gasteiger partial charge on any atom is -0.480 e. The highest BCUT2D eigenvalue weighted by molar-refractivity contribution is 5.87. The smallest absolute Gasteiger partial charge is 0.329 e. The summed E-state index contributed by atoms with van der Waals surface area (Å²) < 4.78 is 5.46. The van der Waals surface area contributed by atoms with Crippen molar-refractivity contribution in [1.82, 2.24) is 5.32 Å². The number of carboxylic acid groups (broad SMARTS) is 1. The molecule has 0 aliphatic heterocycles. The lowest BCUT2D eigenvalue weighted by atomic mass is 9.81. The molecule has 2 N–H and O–H groups in total. The van der Waals surface area contributed by atoms with Gasteiger partial charge in [0.2, 0.25) is 5.91 Å². The zero-order chi connectivity index (χ0) is 15.8. The quantitative estimate of drug-likeness (QED) is 0.759. The highest BCUT2D eigenvalue weighted by Gasteiger charge is 2.40. The molecule has 2 rings (SSSR count). The van der Waals surface area contributed by atoms with Gasteiger partial charge in [-0.25, -0.2) is 4.79 Å². The molecular weight excluding hydrogens is 282 g/mol. The number of ether oxygens (including phenoxy) is 1. The van der Waals surface area contributed by atoms with Crippen LogP contribution in [-0.4, -0.2) is 29.1 Å². The van der Waals surface area contributed by atoms with E-state index in [2.05, 4.69) is 5.32 Å². The number of nitrogens with one attached hydrogen (secondary N) is 1. The lowest BCUT2D eigenvalue weighted by Gasteiger charge is -2.34. The van der Waals surface area contributed by atoms with E-state index in [0.29, 0.717) is 19.4 Å². The van der Waals surface area contributed by atoms with Crippen LogP contribution < -0.4 is 5.32 Å². The molecule has 1 aromatic rings. The van der Waals surface area contributed by atoms with Crippen LogP contribution in [0.25, 0.3) is 0 Å². The number of hydrogen-bond donors (Lipinski definition) is 2. The van der Waals surface area contributed by atoms with Crippen LogP contribution in [0.1, 0.15) is 44.1 Å². The van der Waals surface area contributed by atoms with Crippen molar-refractivity contribution in [3.8, 4) is 0 Å². The summed E-state index contributed by atoms with van der Waals surface area (Å²) in [5.74, 6) is -1.18. The maximum absolute atomic E-state index is 12.0. The van der Waals surface area contributed by atoms with Crippen LogP contribution in [-0.2, 0) is 20.9 Å². The Bertz CT molecular complexity index is 495. The van der Waals surface area contributed by atoms with Crippen molar-refractivity contribution < 1.29 is 19.4 Å². The van der Waals surface area contributed by atoms with E-state index in [9.17, 15) is 14.7 Å². The van der Waals surface area contributed by atoms with Crippen molar-refractivity contribution in [2.75, 3.05) is 6.61 Å². The maximum atomic E-state index is 12.0. The Morgan fingerprint density at radius 1 is 1.14 bits per heavy atom. The summed E-state index contributed by atoms with van der Waals surface area (Å²) in [4.78, 5) is 23.5. The molecule has 5 nitrogen and oxygen atoms in total. The summed E-state index contributed by atoms with van der Waals surface area (Å²) in [5, 5.41) is 12.1. The molecule has 0 bridgehead atoms. The number of aliphatic carboxylic acids is 1. The molecule has 22 heavy (non-hydrogen) atoms. The summed E-state index contributed by atoms with van der Waals surface area (Å²) in [5.41, 5.74) is -0.0217. The van der Waals surface area contributed by atoms with E-state index in [1.165, 1.54) is 0 Å². The molecule has 1 fully saturated rings. The molecule has 0 unspecified atom stereocenters. The first kappa shape index (κ1) is 16.5. The molecule has 1 aliphatic rings. The molecule has 1 saturated carbocycles. The molecule has 1 aromatic carbocycles. The topological polar surface area (TPSA) is 75.6 Å². The Labute approximate surface area is 130 Å².